The monoisotopic (exact) mass is 369 g/mol. The molecule has 0 aliphatic carbocycles. The van der Waals surface area contributed by atoms with E-state index in [4.69, 9.17) is 9.47 Å². The van der Waals surface area contributed by atoms with E-state index in [1.54, 1.807) is 7.11 Å². The Morgan fingerprint density at radius 1 is 1.11 bits per heavy atom. The van der Waals surface area contributed by atoms with Crippen molar-refractivity contribution in [3.8, 4) is 5.75 Å². The van der Waals surface area contributed by atoms with Gasteiger partial charge in [-0.1, -0.05) is 30.3 Å². The average molecular weight is 369 g/mol. The topological polar surface area (TPSA) is 62.8 Å². The fourth-order valence-corrected chi connectivity index (χ4v) is 3.42. The lowest BCUT2D eigenvalue weighted by Crippen LogP contribution is -2.45. The molecule has 2 unspecified atom stereocenters. The highest BCUT2D eigenvalue weighted by Crippen LogP contribution is 2.28. The van der Waals surface area contributed by atoms with Gasteiger partial charge in [-0.25, -0.2) is 4.79 Å². The van der Waals surface area contributed by atoms with Crippen LogP contribution < -0.4 is 20.3 Å². The van der Waals surface area contributed by atoms with Crippen LogP contribution in [-0.4, -0.2) is 38.4 Å². The van der Waals surface area contributed by atoms with E-state index in [0.717, 1.165) is 35.8 Å². The molecule has 1 saturated heterocycles. The summed E-state index contributed by atoms with van der Waals surface area (Å²) in [7, 11) is 1.62. The van der Waals surface area contributed by atoms with Gasteiger partial charge < -0.3 is 25.0 Å². The zero-order valence-electron chi connectivity index (χ0n) is 16.1. The number of rotatable bonds is 5. The molecule has 1 aliphatic rings. The molecule has 0 aromatic heterocycles. The number of methoxy groups -OCH3 is 1. The Hall–Kier alpha value is -2.73. The molecule has 3 rings (SSSR count). The van der Waals surface area contributed by atoms with Crippen LogP contribution in [0.15, 0.2) is 48.5 Å². The summed E-state index contributed by atoms with van der Waals surface area (Å²) in [4.78, 5) is 14.7. The van der Waals surface area contributed by atoms with Crippen molar-refractivity contribution in [3.63, 3.8) is 0 Å². The molecule has 27 heavy (non-hydrogen) atoms. The van der Waals surface area contributed by atoms with E-state index in [-0.39, 0.29) is 18.2 Å². The van der Waals surface area contributed by atoms with Crippen molar-refractivity contribution in [1.29, 1.82) is 0 Å². The largest absolute Gasteiger partial charge is 0.496 e. The predicted octanol–water partition coefficient (Wildman–Crippen LogP) is 3.63. The first-order valence-electron chi connectivity index (χ1n) is 9.23. The molecule has 2 aromatic rings. The van der Waals surface area contributed by atoms with Gasteiger partial charge in [-0.2, -0.15) is 0 Å². The van der Waals surface area contributed by atoms with E-state index in [1.165, 1.54) is 0 Å². The molecule has 1 heterocycles. The van der Waals surface area contributed by atoms with Gasteiger partial charge in [-0.05, 0) is 32.0 Å². The van der Waals surface area contributed by atoms with Gasteiger partial charge >= 0.3 is 6.03 Å². The quantitative estimate of drug-likeness (QED) is 0.845. The van der Waals surface area contributed by atoms with Crippen LogP contribution in [0.2, 0.25) is 0 Å². The summed E-state index contributed by atoms with van der Waals surface area (Å²) in [5.41, 5.74) is 2.72. The first-order valence-corrected chi connectivity index (χ1v) is 9.23. The zero-order valence-corrected chi connectivity index (χ0v) is 16.1. The number of hydrogen-bond acceptors (Lipinski definition) is 4. The van der Waals surface area contributed by atoms with Gasteiger partial charge in [0.1, 0.15) is 5.75 Å². The predicted molar refractivity (Wildman–Crippen MR) is 108 cm³/mol. The molecule has 2 atom stereocenters. The number of nitrogens with zero attached hydrogens (tertiary/aromatic N) is 1. The molecule has 0 radical (unpaired) electrons. The first kappa shape index (κ1) is 19.0. The van der Waals surface area contributed by atoms with Crippen LogP contribution in [0.1, 0.15) is 19.4 Å². The molecule has 1 aliphatic heterocycles. The number of benzene rings is 2. The summed E-state index contributed by atoms with van der Waals surface area (Å²) < 4.78 is 11.1. The van der Waals surface area contributed by atoms with Crippen LogP contribution in [0.3, 0.4) is 0 Å². The SMILES string of the molecule is COc1ccccc1CNC(=O)Nc1ccccc1N1CC(C)OC(C)C1. The molecule has 144 valence electrons. The normalized spacial score (nSPS) is 19.4. The van der Waals surface area contributed by atoms with E-state index in [2.05, 4.69) is 29.4 Å². The highest BCUT2D eigenvalue weighted by molar-refractivity contribution is 5.93. The van der Waals surface area contributed by atoms with Crippen molar-refractivity contribution in [2.45, 2.75) is 32.6 Å². The van der Waals surface area contributed by atoms with Gasteiger partial charge in [0.2, 0.25) is 0 Å². The Morgan fingerprint density at radius 3 is 2.52 bits per heavy atom. The number of carbonyl (C=O) groups excluding carboxylic acids is 1. The molecule has 0 saturated carbocycles. The third kappa shape index (κ3) is 4.92. The lowest BCUT2D eigenvalue weighted by molar-refractivity contribution is -0.00517. The number of hydrogen-bond donors (Lipinski definition) is 2. The molecular weight excluding hydrogens is 342 g/mol. The molecule has 2 aromatic carbocycles. The zero-order chi connectivity index (χ0) is 19.2. The maximum Gasteiger partial charge on any atom is 0.319 e. The van der Waals surface area contributed by atoms with Crippen molar-refractivity contribution in [1.82, 2.24) is 5.32 Å². The number of carbonyl (C=O) groups is 1. The second-order valence-electron chi connectivity index (χ2n) is 6.80. The number of amides is 2. The Kier molecular flexibility index (Phi) is 6.19. The van der Waals surface area contributed by atoms with Gasteiger partial charge in [0.05, 0.1) is 30.7 Å². The summed E-state index contributed by atoms with van der Waals surface area (Å²) in [6, 6.07) is 15.3. The van der Waals surface area contributed by atoms with Gasteiger partial charge in [-0.3, -0.25) is 0 Å². The molecular formula is C21H27N3O3. The number of ether oxygens (including phenoxy) is 2. The molecule has 6 heteroatoms. The summed E-state index contributed by atoms with van der Waals surface area (Å²) in [6.45, 7) is 6.12. The minimum absolute atomic E-state index is 0.154. The standard InChI is InChI=1S/C21H27N3O3/c1-15-13-24(14-16(2)27-15)19-10-6-5-9-18(19)23-21(25)22-12-17-8-4-7-11-20(17)26-3/h4-11,15-16H,12-14H2,1-3H3,(H2,22,23,25). The van der Waals surface area contributed by atoms with Crippen LogP contribution in [0.5, 0.6) is 5.75 Å². The van der Waals surface area contributed by atoms with E-state index >= 15 is 0 Å². The first-order chi connectivity index (χ1) is 13.1. The number of morpholine rings is 1. The second-order valence-corrected chi connectivity index (χ2v) is 6.80. The molecule has 2 amide bonds. The summed E-state index contributed by atoms with van der Waals surface area (Å²) in [5.74, 6) is 0.759. The lowest BCUT2D eigenvalue weighted by Gasteiger charge is -2.37. The Bertz CT molecular complexity index is 771. The lowest BCUT2D eigenvalue weighted by atomic mass is 10.1. The third-order valence-electron chi connectivity index (χ3n) is 4.54. The third-order valence-corrected chi connectivity index (χ3v) is 4.54. The number of para-hydroxylation sites is 3. The maximum absolute atomic E-state index is 12.4. The fourth-order valence-electron chi connectivity index (χ4n) is 3.42. The van der Waals surface area contributed by atoms with Gasteiger partial charge in [0, 0.05) is 25.2 Å². The molecule has 1 fully saturated rings. The average Bonchev–Trinajstić information content (AvgIpc) is 2.66. The summed E-state index contributed by atoms with van der Waals surface area (Å²) >= 11 is 0. The molecule has 6 nitrogen and oxygen atoms in total. The van der Waals surface area contributed by atoms with E-state index in [0.29, 0.717) is 6.54 Å². The van der Waals surface area contributed by atoms with Crippen LogP contribution in [0, 0.1) is 0 Å². The van der Waals surface area contributed by atoms with Gasteiger partial charge in [0.15, 0.2) is 0 Å². The van der Waals surface area contributed by atoms with Crippen molar-refractivity contribution >= 4 is 17.4 Å². The minimum atomic E-state index is -0.247. The highest BCUT2D eigenvalue weighted by Gasteiger charge is 2.24. The minimum Gasteiger partial charge on any atom is -0.496 e. The van der Waals surface area contributed by atoms with E-state index < -0.39 is 0 Å². The summed E-state index contributed by atoms with van der Waals surface area (Å²) in [6.07, 6.45) is 0.308. The Balaban J connectivity index is 1.66. The Morgan fingerprint density at radius 2 is 1.78 bits per heavy atom. The van der Waals surface area contributed by atoms with E-state index in [1.807, 2.05) is 48.5 Å². The van der Waals surface area contributed by atoms with Gasteiger partial charge in [0.25, 0.3) is 0 Å². The van der Waals surface area contributed by atoms with Crippen LogP contribution >= 0.6 is 0 Å². The van der Waals surface area contributed by atoms with E-state index in [9.17, 15) is 4.79 Å². The van der Waals surface area contributed by atoms with Crippen LogP contribution in [-0.2, 0) is 11.3 Å². The number of anilines is 2. The van der Waals surface area contributed by atoms with Crippen molar-refractivity contribution in [2.24, 2.45) is 0 Å². The molecule has 0 bridgehead atoms. The second kappa shape index (κ2) is 8.77. The number of nitrogens with one attached hydrogen (secondary N) is 2. The smallest absolute Gasteiger partial charge is 0.319 e. The summed E-state index contributed by atoms with van der Waals surface area (Å²) in [5, 5.41) is 5.87. The fraction of sp³-hybridized carbons (Fsp3) is 0.381. The van der Waals surface area contributed by atoms with Crippen LogP contribution in [0.4, 0.5) is 16.2 Å². The van der Waals surface area contributed by atoms with Crippen molar-refractivity contribution < 1.29 is 14.3 Å². The van der Waals surface area contributed by atoms with Gasteiger partial charge in [-0.15, -0.1) is 0 Å². The van der Waals surface area contributed by atoms with Crippen LogP contribution in [0.25, 0.3) is 0 Å². The Labute approximate surface area is 160 Å². The number of urea groups is 1. The highest BCUT2D eigenvalue weighted by atomic mass is 16.5. The molecule has 0 spiro atoms. The maximum atomic E-state index is 12.4. The van der Waals surface area contributed by atoms with Crippen molar-refractivity contribution in [2.75, 3.05) is 30.4 Å². The van der Waals surface area contributed by atoms with Crippen molar-refractivity contribution in [3.05, 3.63) is 54.1 Å². The molecule has 2 N–H and O–H groups in total.